The number of benzene rings is 3. The molecule has 2 N–H and O–H groups in total. The molecule has 2 amide bonds. The highest BCUT2D eigenvalue weighted by atomic mass is 35.5. The van der Waals surface area contributed by atoms with Crippen molar-refractivity contribution < 1.29 is 9.59 Å². The van der Waals surface area contributed by atoms with Gasteiger partial charge in [-0.25, -0.2) is 5.43 Å². The van der Waals surface area contributed by atoms with Crippen molar-refractivity contribution >= 4 is 58.5 Å². The lowest BCUT2D eigenvalue weighted by Gasteiger charge is -2.07. The molecule has 3 aromatic rings. The molecular formula is C21H14Cl3N3O2. The molecule has 3 rings (SSSR count). The number of nitrogens with one attached hydrogen (secondary N) is 2. The molecule has 5 nitrogen and oxygen atoms in total. The van der Waals surface area contributed by atoms with Crippen LogP contribution in [0.3, 0.4) is 0 Å². The van der Waals surface area contributed by atoms with Crippen molar-refractivity contribution in [2.24, 2.45) is 5.10 Å². The topological polar surface area (TPSA) is 70.6 Å². The summed E-state index contributed by atoms with van der Waals surface area (Å²) in [5, 5.41) is 7.92. The van der Waals surface area contributed by atoms with Crippen LogP contribution < -0.4 is 10.7 Å². The largest absolute Gasteiger partial charge is 0.322 e. The van der Waals surface area contributed by atoms with E-state index in [-0.39, 0.29) is 5.91 Å². The lowest BCUT2D eigenvalue weighted by Crippen LogP contribution is -2.18. The number of hydrogen-bond acceptors (Lipinski definition) is 3. The molecule has 0 aliphatic rings. The molecule has 0 aromatic heterocycles. The summed E-state index contributed by atoms with van der Waals surface area (Å²) in [6.07, 6.45) is 1.43. The minimum atomic E-state index is -0.407. The van der Waals surface area contributed by atoms with Crippen molar-refractivity contribution in [1.29, 1.82) is 0 Å². The fourth-order valence-electron chi connectivity index (χ4n) is 2.38. The summed E-state index contributed by atoms with van der Waals surface area (Å²) in [7, 11) is 0. The summed E-state index contributed by atoms with van der Waals surface area (Å²) < 4.78 is 0. The number of anilines is 1. The van der Waals surface area contributed by atoms with Crippen molar-refractivity contribution in [3.05, 3.63) is 98.5 Å². The highest BCUT2D eigenvalue weighted by Gasteiger charge is 2.10. The van der Waals surface area contributed by atoms with Gasteiger partial charge in [-0.1, -0.05) is 53.0 Å². The van der Waals surface area contributed by atoms with E-state index in [0.717, 1.165) is 0 Å². The van der Waals surface area contributed by atoms with Crippen LogP contribution in [-0.4, -0.2) is 18.0 Å². The van der Waals surface area contributed by atoms with Crippen LogP contribution in [0.1, 0.15) is 26.3 Å². The maximum Gasteiger partial charge on any atom is 0.271 e. The monoisotopic (exact) mass is 445 g/mol. The van der Waals surface area contributed by atoms with E-state index in [0.29, 0.717) is 37.4 Å². The summed E-state index contributed by atoms with van der Waals surface area (Å²) in [5.74, 6) is -0.743. The first-order valence-electron chi connectivity index (χ1n) is 8.38. The van der Waals surface area contributed by atoms with Crippen molar-refractivity contribution in [1.82, 2.24) is 5.43 Å². The lowest BCUT2D eigenvalue weighted by atomic mass is 10.1. The average molecular weight is 447 g/mol. The Morgan fingerprint density at radius 3 is 2.24 bits per heavy atom. The fraction of sp³-hybridized carbons (Fsp3) is 0. The van der Waals surface area contributed by atoms with Gasteiger partial charge in [0.25, 0.3) is 11.8 Å². The van der Waals surface area contributed by atoms with E-state index >= 15 is 0 Å². The normalized spacial score (nSPS) is 10.7. The van der Waals surface area contributed by atoms with Crippen LogP contribution in [0.25, 0.3) is 0 Å². The molecule has 0 unspecified atom stereocenters. The summed E-state index contributed by atoms with van der Waals surface area (Å²) in [4.78, 5) is 24.5. The van der Waals surface area contributed by atoms with Crippen LogP contribution in [0.2, 0.25) is 15.1 Å². The predicted molar refractivity (Wildman–Crippen MR) is 117 cm³/mol. The van der Waals surface area contributed by atoms with Crippen molar-refractivity contribution in [2.45, 2.75) is 0 Å². The SMILES string of the molecule is O=C(NN=Cc1ccc(Cl)cc1Cl)c1ccc(NC(=O)c2ccccc2Cl)cc1. The maximum atomic E-state index is 12.3. The van der Waals surface area contributed by atoms with E-state index in [2.05, 4.69) is 15.8 Å². The smallest absolute Gasteiger partial charge is 0.271 e. The number of halogens is 3. The Morgan fingerprint density at radius 2 is 1.55 bits per heavy atom. The highest BCUT2D eigenvalue weighted by Crippen LogP contribution is 2.20. The zero-order chi connectivity index (χ0) is 20.8. The van der Waals surface area contributed by atoms with Gasteiger partial charge in [0.15, 0.2) is 0 Å². The lowest BCUT2D eigenvalue weighted by molar-refractivity contribution is 0.0954. The number of hydrogen-bond donors (Lipinski definition) is 2. The van der Waals surface area contributed by atoms with Crippen LogP contribution in [0.4, 0.5) is 5.69 Å². The second-order valence-corrected chi connectivity index (χ2v) is 7.13. The van der Waals surface area contributed by atoms with Crippen LogP contribution in [0.5, 0.6) is 0 Å². The molecule has 0 saturated carbocycles. The van der Waals surface area contributed by atoms with Gasteiger partial charge in [-0.3, -0.25) is 9.59 Å². The summed E-state index contributed by atoms with van der Waals surface area (Å²) in [5.41, 5.74) is 4.31. The van der Waals surface area contributed by atoms with E-state index in [4.69, 9.17) is 34.8 Å². The highest BCUT2D eigenvalue weighted by molar-refractivity contribution is 6.36. The molecule has 3 aromatic carbocycles. The first-order chi connectivity index (χ1) is 13.9. The minimum Gasteiger partial charge on any atom is -0.322 e. The van der Waals surface area contributed by atoms with Gasteiger partial charge in [-0.05, 0) is 48.5 Å². The molecular weight excluding hydrogens is 433 g/mol. The fourth-order valence-corrected chi connectivity index (χ4v) is 3.06. The first kappa shape index (κ1) is 20.9. The molecule has 0 spiro atoms. The molecule has 0 aliphatic heterocycles. The zero-order valence-corrected chi connectivity index (χ0v) is 17.1. The molecule has 146 valence electrons. The molecule has 8 heteroatoms. The number of amides is 2. The van der Waals surface area contributed by atoms with Gasteiger partial charge in [-0.2, -0.15) is 5.10 Å². The van der Waals surface area contributed by atoms with Crippen molar-refractivity contribution in [2.75, 3.05) is 5.32 Å². The Balaban J connectivity index is 1.60. The van der Waals surface area contributed by atoms with Crippen LogP contribution >= 0.6 is 34.8 Å². The van der Waals surface area contributed by atoms with E-state index in [1.807, 2.05) is 0 Å². The van der Waals surface area contributed by atoms with Gasteiger partial charge in [0.1, 0.15) is 0 Å². The van der Waals surface area contributed by atoms with Gasteiger partial charge in [0, 0.05) is 21.8 Å². The molecule has 0 heterocycles. The maximum absolute atomic E-state index is 12.3. The van der Waals surface area contributed by atoms with Crippen LogP contribution in [0, 0.1) is 0 Å². The Morgan fingerprint density at radius 1 is 0.828 bits per heavy atom. The van der Waals surface area contributed by atoms with E-state index in [1.165, 1.54) is 6.21 Å². The van der Waals surface area contributed by atoms with Crippen LogP contribution in [-0.2, 0) is 0 Å². The Bertz CT molecular complexity index is 1080. The standard InChI is InChI=1S/C21H14Cl3N3O2/c22-15-8-5-14(19(24)11-15)12-25-27-20(28)13-6-9-16(10-7-13)26-21(29)17-3-1-2-4-18(17)23/h1-12H,(H,26,29)(H,27,28). The summed E-state index contributed by atoms with van der Waals surface area (Å²) in [6.45, 7) is 0. The van der Waals surface area contributed by atoms with E-state index in [1.54, 1.807) is 66.7 Å². The first-order valence-corrected chi connectivity index (χ1v) is 9.52. The van der Waals surface area contributed by atoms with Gasteiger partial charge in [0.05, 0.1) is 21.8 Å². The number of hydrazone groups is 1. The second kappa shape index (κ2) is 9.56. The molecule has 0 aliphatic carbocycles. The molecule has 0 atom stereocenters. The number of carbonyl (C=O) groups excluding carboxylic acids is 2. The molecule has 0 radical (unpaired) electrons. The number of carbonyl (C=O) groups is 2. The Labute approximate surface area is 182 Å². The third-order valence-corrected chi connectivity index (χ3v) is 4.75. The van der Waals surface area contributed by atoms with Crippen molar-refractivity contribution in [3.63, 3.8) is 0 Å². The quantitative estimate of drug-likeness (QED) is 0.392. The van der Waals surface area contributed by atoms with Crippen LogP contribution in [0.15, 0.2) is 71.8 Å². The third-order valence-electron chi connectivity index (χ3n) is 3.86. The third kappa shape index (κ3) is 5.57. The van der Waals surface area contributed by atoms with Gasteiger partial charge in [-0.15, -0.1) is 0 Å². The van der Waals surface area contributed by atoms with Gasteiger partial charge < -0.3 is 5.32 Å². The molecule has 0 bridgehead atoms. The van der Waals surface area contributed by atoms with E-state index in [9.17, 15) is 9.59 Å². The van der Waals surface area contributed by atoms with Gasteiger partial charge >= 0.3 is 0 Å². The number of rotatable bonds is 5. The molecule has 0 fully saturated rings. The zero-order valence-electron chi connectivity index (χ0n) is 14.8. The predicted octanol–water partition coefficient (Wildman–Crippen LogP) is 5.66. The Kier molecular flexibility index (Phi) is 6.88. The van der Waals surface area contributed by atoms with Gasteiger partial charge in [0.2, 0.25) is 0 Å². The van der Waals surface area contributed by atoms with E-state index < -0.39 is 5.91 Å². The average Bonchev–Trinajstić information content (AvgIpc) is 2.70. The molecule has 0 saturated heterocycles. The number of nitrogens with zero attached hydrogens (tertiary/aromatic N) is 1. The summed E-state index contributed by atoms with van der Waals surface area (Å²) in [6, 6.07) is 18.1. The second-order valence-electron chi connectivity index (χ2n) is 5.88. The molecule has 29 heavy (non-hydrogen) atoms. The Hall–Kier alpha value is -2.86. The van der Waals surface area contributed by atoms with Crippen molar-refractivity contribution in [3.8, 4) is 0 Å². The summed E-state index contributed by atoms with van der Waals surface area (Å²) >= 11 is 17.9. The minimum absolute atomic E-state index is 0.336.